The van der Waals surface area contributed by atoms with Crippen LogP contribution in [0.3, 0.4) is 0 Å². The maximum Gasteiger partial charge on any atom is 0.225 e. The van der Waals surface area contributed by atoms with Gasteiger partial charge >= 0.3 is 0 Å². The summed E-state index contributed by atoms with van der Waals surface area (Å²) in [7, 11) is 1.59. The second-order valence-electron chi connectivity index (χ2n) is 4.03. The van der Waals surface area contributed by atoms with E-state index in [9.17, 15) is 4.79 Å². The van der Waals surface area contributed by atoms with Gasteiger partial charge in [0.1, 0.15) is 5.75 Å². The van der Waals surface area contributed by atoms with Crippen LogP contribution >= 0.6 is 11.6 Å². The van der Waals surface area contributed by atoms with Crippen LogP contribution in [0.15, 0.2) is 18.2 Å². The van der Waals surface area contributed by atoms with Gasteiger partial charge in [-0.3, -0.25) is 4.79 Å². The number of benzene rings is 1. The summed E-state index contributed by atoms with van der Waals surface area (Å²) in [5.41, 5.74) is 0.928. The van der Waals surface area contributed by atoms with Crippen LogP contribution < -0.4 is 15.4 Å². The van der Waals surface area contributed by atoms with E-state index in [0.717, 1.165) is 18.7 Å². The third-order valence-corrected chi connectivity index (χ3v) is 3.09. The number of nitrogens with one attached hydrogen (secondary N) is 2. The molecule has 4 nitrogen and oxygen atoms in total. The van der Waals surface area contributed by atoms with Crippen molar-refractivity contribution in [3.8, 4) is 5.75 Å². The molecule has 0 saturated carbocycles. The number of halogens is 1. The molecule has 0 aliphatic carbocycles. The van der Waals surface area contributed by atoms with Crippen LogP contribution in [0.4, 0.5) is 0 Å². The number of amides is 1. The Bertz CT molecular complexity index is 419. The van der Waals surface area contributed by atoms with Crippen molar-refractivity contribution in [1.29, 1.82) is 0 Å². The second kappa shape index (κ2) is 5.38. The van der Waals surface area contributed by atoms with Gasteiger partial charge in [-0.1, -0.05) is 17.7 Å². The Balaban J connectivity index is 1.95. The van der Waals surface area contributed by atoms with Gasteiger partial charge in [-0.25, -0.2) is 0 Å². The first-order valence-electron chi connectivity index (χ1n) is 5.51. The van der Waals surface area contributed by atoms with Gasteiger partial charge in [0, 0.05) is 30.2 Å². The Hall–Kier alpha value is -1.26. The van der Waals surface area contributed by atoms with Gasteiger partial charge < -0.3 is 15.4 Å². The van der Waals surface area contributed by atoms with Crippen LogP contribution in [-0.4, -0.2) is 26.1 Å². The lowest BCUT2D eigenvalue weighted by Gasteiger charge is -2.25. The molecule has 2 N–H and O–H groups in total. The zero-order chi connectivity index (χ0) is 12.3. The third-order valence-electron chi connectivity index (χ3n) is 2.85. The van der Waals surface area contributed by atoms with Crippen molar-refractivity contribution >= 4 is 17.5 Å². The first-order valence-corrected chi connectivity index (χ1v) is 5.89. The zero-order valence-electron chi connectivity index (χ0n) is 9.63. The van der Waals surface area contributed by atoms with Crippen molar-refractivity contribution < 1.29 is 9.53 Å². The molecule has 17 heavy (non-hydrogen) atoms. The number of rotatable bonds is 4. The lowest BCUT2D eigenvalue weighted by molar-refractivity contribution is -0.126. The first-order chi connectivity index (χ1) is 8.20. The summed E-state index contributed by atoms with van der Waals surface area (Å²) in [5.74, 6) is 0.888. The minimum absolute atomic E-state index is 0.0840. The van der Waals surface area contributed by atoms with Crippen molar-refractivity contribution in [2.75, 3.05) is 20.2 Å². The normalized spacial score (nSPS) is 15.2. The third kappa shape index (κ3) is 2.90. The number of ether oxygens (including phenoxy) is 1. The highest BCUT2D eigenvalue weighted by atomic mass is 35.5. The molecule has 1 aliphatic heterocycles. The summed E-state index contributed by atoms with van der Waals surface area (Å²) in [5, 5.41) is 6.59. The van der Waals surface area contributed by atoms with E-state index in [1.807, 2.05) is 6.07 Å². The highest BCUT2D eigenvalue weighted by Crippen LogP contribution is 2.22. The largest absolute Gasteiger partial charge is 0.496 e. The van der Waals surface area contributed by atoms with Gasteiger partial charge in [-0.15, -0.1) is 0 Å². The van der Waals surface area contributed by atoms with Crippen LogP contribution in [-0.2, 0) is 11.3 Å². The van der Waals surface area contributed by atoms with Crippen molar-refractivity contribution in [3.63, 3.8) is 0 Å². The van der Waals surface area contributed by atoms with Crippen molar-refractivity contribution in [1.82, 2.24) is 10.6 Å². The molecule has 2 rings (SSSR count). The molecule has 0 aromatic heterocycles. The first kappa shape index (κ1) is 12.2. The van der Waals surface area contributed by atoms with Crippen LogP contribution in [0, 0.1) is 5.92 Å². The smallest absolute Gasteiger partial charge is 0.225 e. The van der Waals surface area contributed by atoms with Crippen molar-refractivity contribution in [2.45, 2.75) is 6.54 Å². The van der Waals surface area contributed by atoms with Crippen LogP contribution in [0.25, 0.3) is 0 Å². The number of carbonyl (C=O) groups is 1. The molecule has 1 heterocycles. The Labute approximate surface area is 105 Å². The van der Waals surface area contributed by atoms with Crippen LogP contribution in [0.2, 0.25) is 5.02 Å². The molecule has 1 amide bonds. The summed E-state index contributed by atoms with van der Waals surface area (Å²) in [6.45, 7) is 2.00. The number of carbonyl (C=O) groups excluding carboxylic acids is 1. The fourth-order valence-corrected chi connectivity index (χ4v) is 1.83. The topological polar surface area (TPSA) is 50.4 Å². The lowest BCUT2D eigenvalue weighted by atomic mass is 10.0. The Morgan fingerprint density at radius 3 is 2.94 bits per heavy atom. The summed E-state index contributed by atoms with van der Waals surface area (Å²) >= 11 is 5.86. The summed E-state index contributed by atoms with van der Waals surface area (Å²) < 4.78 is 5.21. The monoisotopic (exact) mass is 254 g/mol. The van der Waals surface area contributed by atoms with Gasteiger partial charge in [0.15, 0.2) is 0 Å². The minimum atomic E-state index is 0.0840. The second-order valence-corrected chi connectivity index (χ2v) is 4.47. The minimum Gasteiger partial charge on any atom is -0.496 e. The molecule has 1 aromatic rings. The van der Waals surface area contributed by atoms with E-state index in [2.05, 4.69) is 10.6 Å². The molecular formula is C12H15ClN2O2. The van der Waals surface area contributed by atoms with Gasteiger partial charge in [0.2, 0.25) is 5.91 Å². The van der Waals surface area contributed by atoms with E-state index >= 15 is 0 Å². The Kier molecular flexibility index (Phi) is 3.86. The highest BCUT2D eigenvalue weighted by Gasteiger charge is 2.24. The van der Waals surface area contributed by atoms with E-state index in [1.165, 1.54) is 0 Å². The highest BCUT2D eigenvalue weighted by molar-refractivity contribution is 6.30. The van der Waals surface area contributed by atoms with Gasteiger partial charge in [0.25, 0.3) is 0 Å². The van der Waals surface area contributed by atoms with E-state index in [1.54, 1.807) is 19.2 Å². The molecule has 5 heteroatoms. The molecule has 0 unspecified atom stereocenters. The zero-order valence-corrected chi connectivity index (χ0v) is 10.4. The Morgan fingerprint density at radius 1 is 1.59 bits per heavy atom. The summed E-state index contributed by atoms with van der Waals surface area (Å²) in [6, 6.07) is 5.39. The fourth-order valence-electron chi connectivity index (χ4n) is 1.67. The van der Waals surface area contributed by atoms with Gasteiger partial charge in [0.05, 0.1) is 13.0 Å². The SMILES string of the molecule is COc1cc(Cl)ccc1CNC(=O)C1CNC1. The summed E-state index contributed by atoms with van der Waals surface area (Å²) in [4.78, 5) is 11.6. The van der Waals surface area contributed by atoms with Crippen LogP contribution in [0.1, 0.15) is 5.56 Å². The molecule has 0 atom stereocenters. The van der Waals surface area contributed by atoms with Gasteiger partial charge in [-0.05, 0) is 12.1 Å². The van der Waals surface area contributed by atoms with Gasteiger partial charge in [-0.2, -0.15) is 0 Å². The maximum absolute atomic E-state index is 11.6. The molecule has 1 aliphatic rings. The average Bonchev–Trinajstić information content (AvgIpc) is 2.24. The Morgan fingerprint density at radius 2 is 2.35 bits per heavy atom. The van der Waals surface area contributed by atoms with Crippen molar-refractivity contribution in [2.24, 2.45) is 5.92 Å². The average molecular weight is 255 g/mol. The molecule has 1 fully saturated rings. The molecule has 92 valence electrons. The molecule has 0 bridgehead atoms. The molecule has 0 radical (unpaired) electrons. The predicted molar refractivity (Wildman–Crippen MR) is 66.2 cm³/mol. The molecule has 1 aromatic carbocycles. The van der Waals surface area contributed by atoms with Crippen molar-refractivity contribution in [3.05, 3.63) is 28.8 Å². The molecule has 0 spiro atoms. The lowest BCUT2D eigenvalue weighted by Crippen LogP contribution is -2.50. The fraction of sp³-hybridized carbons (Fsp3) is 0.417. The quantitative estimate of drug-likeness (QED) is 0.849. The van der Waals surface area contributed by atoms with Crippen LogP contribution in [0.5, 0.6) is 5.75 Å². The number of hydrogen-bond donors (Lipinski definition) is 2. The standard InChI is InChI=1S/C12H15ClN2O2/c1-17-11-4-10(13)3-2-8(11)7-15-12(16)9-5-14-6-9/h2-4,9,14H,5-7H2,1H3,(H,15,16). The van der Waals surface area contributed by atoms with E-state index in [4.69, 9.17) is 16.3 Å². The van der Waals surface area contributed by atoms with E-state index < -0.39 is 0 Å². The predicted octanol–water partition coefficient (Wildman–Crippen LogP) is 1.18. The molecular weight excluding hydrogens is 240 g/mol. The number of hydrogen-bond acceptors (Lipinski definition) is 3. The van der Waals surface area contributed by atoms with E-state index in [0.29, 0.717) is 17.3 Å². The van der Waals surface area contributed by atoms with E-state index in [-0.39, 0.29) is 11.8 Å². The molecule has 1 saturated heterocycles. The summed E-state index contributed by atoms with van der Waals surface area (Å²) in [6.07, 6.45) is 0. The maximum atomic E-state index is 11.6. The number of methoxy groups -OCH3 is 1.